The average molecular weight is 472 g/mol. The van der Waals surface area contributed by atoms with Gasteiger partial charge < -0.3 is 10.1 Å². The lowest BCUT2D eigenvalue weighted by molar-refractivity contribution is -0.147. The number of rotatable bonds is 6. The summed E-state index contributed by atoms with van der Waals surface area (Å²) in [6.45, 7) is -0.981. The van der Waals surface area contributed by atoms with Crippen LogP contribution < -0.4 is 10.6 Å². The van der Waals surface area contributed by atoms with E-state index in [4.69, 9.17) is 4.74 Å². The Hall–Kier alpha value is -2.27. The standard InChI is InChI=1S/C16H13IN2O5S/c17-11-5-2-1-4-10(11)15(22)18-8-14(21)24-9-13(20)19-16(23)12-6-3-7-25-12/h1-7H,8-9H2,(H,18,22)(H,19,20,23). The van der Waals surface area contributed by atoms with Gasteiger partial charge in [0.2, 0.25) is 0 Å². The lowest BCUT2D eigenvalue weighted by atomic mass is 10.2. The van der Waals surface area contributed by atoms with Crippen LogP contribution in [-0.4, -0.2) is 36.8 Å². The fourth-order valence-electron chi connectivity index (χ4n) is 1.72. The first-order valence-electron chi connectivity index (χ1n) is 7.03. The zero-order valence-electron chi connectivity index (χ0n) is 12.8. The molecule has 0 aliphatic carbocycles. The smallest absolute Gasteiger partial charge is 0.325 e. The Morgan fingerprint density at radius 1 is 1.04 bits per heavy atom. The molecule has 0 radical (unpaired) electrons. The molecule has 0 saturated carbocycles. The number of esters is 1. The second-order valence-corrected chi connectivity index (χ2v) is 6.79. The van der Waals surface area contributed by atoms with Gasteiger partial charge in [-0.2, -0.15) is 0 Å². The third kappa shape index (κ3) is 5.94. The number of hydrogen-bond donors (Lipinski definition) is 2. The van der Waals surface area contributed by atoms with E-state index >= 15 is 0 Å². The summed E-state index contributed by atoms with van der Waals surface area (Å²) in [5.41, 5.74) is 0.440. The van der Waals surface area contributed by atoms with Gasteiger partial charge in [-0.3, -0.25) is 24.5 Å². The molecule has 0 atom stereocenters. The van der Waals surface area contributed by atoms with E-state index in [9.17, 15) is 19.2 Å². The quantitative estimate of drug-likeness (QED) is 0.491. The maximum atomic E-state index is 11.9. The lowest BCUT2D eigenvalue weighted by Crippen LogP contribution is -2.36. The van der Waals surface area contributed by atoms with Crippen molar-refractivity contribution in [2.45, 2.75) is 0 Å². The van der Waals surface area contributed by atoms with Gasteiger partial charge in [-0.1, -0.05) is 18.2 Å². The van der Waals surface area contributed by atoms with Gasteiger partial charge in [0.1, 0.15) is 6.54 Å². The second-order valence-electron chi connectivity index (χ2n) is 4.68. The van der Waals surface area contributed by atoms with Crippen molar-refractivity contribution < 1.29 is 23.9 Å². The fourth-order valence-corrected chi connectivity index (χ4v) is 2.97. The van der Waals surface area contributed by atoms with Gasteiger partial charge in [0.25, 0.3) is 17.7 Å². The minimum absolute atomic E-state index is 0.379. The van der Waals surface area contributed by atoms with E-state index in [1.807, 2.05) is 22.6 Å². The number of carbonyl (C=O) groups excluding carboxylic acids is 4. The Bertz CT molecular complexity index is 792. The van der Waals surface area contributed by atoms with Gasteiger partial charge in [0.15, 0.2) is 6.61 Å². The minimum atomic E-state index is -0.780. The van der Waals surface area contributed by atoms with Crippen LogP contribution in [0, 0.1) is 3.57 Å². The van der Waals surface area contributed by atoms with Crippen molar-refractivity contribution in [2.75, 3.05) is 13.2 Å². The molecule has 2 N–H and O–H groups in total. The highest BCUT2D eigenvalue weighted by Gasteiger charge is 2.14. The Labute approximate surface area is 160 Å². The molecule has 0 aliphatic rings. The van der Waals surface area contributed by atoms with E-state index in [-0.39, 0.29) is 6.54 Å². The van der Waals surface area contributed by atoms with E-state index in [1.54, 1.807) is 41.8 Å². The molecule has 3 amide bonds. The maximum Gasteiger partial charge on any atom is 0.325 e. The normalized spacial score (nSPS) is 9.96. The molecule has 0 spiro atoms. The molecule has 0 aliphatic heterocycles. The van der Waals surface area contributed by atoms with Crippen LogP contribution in [-0.2, 0) is 14.3 Å². The summed E-state index contributed by atoms with van der Waals surface area (Å²) in [7, 11) is 0. The van der Waals surface area contributed by atoms with Crippen molar-refractivity contribution >= 4 is 57.6 Å². The zero-order valence-corrected chi connectivity index (χ0v) is 15.8. The first kappa shape index (κ1) is 19.1. The molecule has 0 saturated heterocycles. The highest BCUT2D eigenvalue weighted by Crippen LogP contribution is 2.10. The van der Waals surface area contributed by atoms with Crippen LogP contribution in [0.4, 0.5) is 0 Å². The van der Waals surface area contributed by atoms with Gasteiger partial charge in [-0.15, -0.1) is 11.3 Å². The van der Waals surface area contributed by atoms with Crippen molar-refractivity contribution in [2.24, 2.45) is 0 Å². The van der Waals surface area contributed by atoms with Crippen LogP contribution in [0.25, 0.3) is 0 Å². The van der Waals surface area contributed by atoms with Crippen LogP contribution in [0.5, 0.6) is 0 Å². The molecule has 0 bridgehead atoms. The summed E-state index contributed by atoms with van der Waals surface area (Å²) in [6, 6.07) is 10.2. The Morgan fingerprint density at radius 3 is 2.48 bits per heavy atom. The topological polar surface area (TPSA) is 102 Å². The molecule has 2 rings (SSSR count). The van der Waals surface area contributed by atoms with Gasteiger partial charge in [-0.05, 0) is 46.2 Å². The van der Waals surface area contributed by atoms with E-state index < -0.39 is 30.3 Å². The second kappa shape index (κ2) is 9.28. The maximum absolute atomic E-state index is 11.9. The molecule has 0 fully saturated rings. The van der Waals surface area contributed by atoms with Crippen molar-refractivity contribution in [3.8, 4) is 0 Å². The van der Waals surface area contributed by atoms with Crippen molar-refractivity contribution in [3.63, 3.8) is 0 Å². The molecule has 0 unspecified atom stereocenters. The molecule has 130 valence electrons. The predicted molar refractivity (Wildman–Crippen MR) is 99.2 cm³/mol. The Kier molecular flexibility index (Phi) is 7.07. The van der Waals surface area contributed by atoms with Crippen LogP contribution >= 0.6 is 33.9 Å². The molecule has 25 heavy (non-hydrogen) atoms. The number of hydrogen-bond acceptors (Lipinski definition) is 6. The summed E-state index contributed by atoms with van der Waals surface area (Å²) >= 11 is 3.20. The van der Waals surface area contributed by atoms with Crippen LogP contribution in [0.3, 0.4) is 0 Å². The summed E-state index contributed by atoms with van der Waals surface area (Å²) in [6.07, 6.45) is 0. The summed E-state index contributed by atoms with van der Waals surface area (Å²) in [4.78, 5) is 47.1. The van der Waals surface area contributed by atoms with E-state index in [1.165, 1.54) is 11.3 Å². The third-order valence-corrected chi connectivity index (χ3v) is 4.68. The minimum Gasteiger partial charge on any atom is -0.454 e. The molecule has 9 heteroatoms. The van der Waals surface area contributed by atoms with Gasteiger partial charge in [0, 0.05) is 3.57 Å². The Balaban J connectivity index is 1.72. The number of ether oxygens (including phenoxy) is 1. The SMILES string of the molecule is O=C(COC(=O)CNC(=O)c1ccccc1I)NC(=O)c1cccs1. The Morgan fingerprint density at radius 2 is 1.80 bits per heavy atom. The molecular formula is C16H13IN2O5S. The average Bonchev–Trinajstić information content (AvgIpc) is 3.13. The number of amides is 3. The van der Waals surface area contributed by atoms with Crippen molar-refractivity contribution in [1.82, 2.24) is 10.6 Å². The summed E-state index contributed by atoms with van der Waals surface area (Å²) in [5.74, 6) is -2.49. The molecule has 1 aromatic heterocycles. The van der Waals surface area contributed by atoms with Gasteiger partial charge in [-0.25, -0.2) is 0 Å². The predicted octanol–water partition coefficient (Wildman–Crippen LogP) is 1.58. The van der Waals surface area contributed by atoms with Crippen LogP contribution in [0.2, 0.25) is 0 Å². The molecule has 7 nitrogen and oxygen atoms in total. The first-order chi connectivity index (χ1) is 12.0. The molecule has 1 heterocycles. The lowest BCUT2D eigenvalue weighted by Gasteiger charge is -2.07. The van der Waals surface area contributed by atoms with Gasteiger partial charge >= 0.3 is 5.97 Å². The van der Waals surface area contributed by atoms with E-state index in [0.29, 0.717) is 10.4 Å². The largest absolute Gasteiger partial charge is 0.454 e. The highest BCUT2D eigenvalue weighted by molar-refractivity contribution is 14.1. The van der Waals surface area contributed by atoms with Crippen molar-refractivity contribution in [1.29, 1.82) is 0 Å². The monoisotopic (exact) mass is 472 g/mol. The molecule has 1 aromatic carbocycles. The number of carbonyl (C=O) groups is 4. The first-order valence-corrected chi connectivity index (χ1v) is 8.99. The highest BCUT2D eigenvalue weighted by atomic mass is 127. The number of nitrogens with one attached hydrogen (secondary N) is 2. The summed E-state index contributed by atoms with van der Waals surface area (Å²) < 4.78 is 5.47. The van der Waals surface area contributed by atoms with Crippen LogP contribution in [0.15, 0.2) is 41.8 Å². The number of thiophene rings is 1. The van der Waals surface area contributed by atoms with E-state index in [2.05, 4.69) is 10.6 Å². The van der Waals surface area contributed by atoms with Crippen LogP contribution in [0.1, 0.15) is 20.0 Å². The van der Waals surface area contributed by atoms with E-state index in [0.717, 1.165) is 3.57 Å². The van der Waals surface area contributed by atoms with Crippen molar-refractivity contribution in [3.05, 3.63) is 55.8 Å². The number of benzene rings is 1. The third-order valence-electron chi connectivity index (χ3n) is 2.87. The fraction of sp³-hybridized carbons (Fsp3) is 0.125. The molecule has 2 aromatic rings. The number of imide groups is 1. The van der Waals surface area contributed by atoms with Gasteiger partial charge in [0.05, 0.1) is 10.4 Å². The zero-order chi connectivity index (χ0) is 18.2. The molecular weight excluding hydrogens is 459 g/mol. The summed E-state index contributed by atoms with van der Waals surface area (Å²) in [5, 5.41) is 6.22. The number of halogens is 1.